The zero-order valence-electron chi connectivity index (χ0n) is 18.7. The number of nitrogens with one attached hydrogen (secondary N) is 2. The molecular weight excluding hydrogens is 368 g/mol. The van der Waals surface area contributed by atoms with E-state index in [1.807, 2.05) is 45.0 Å². The summed E-state index contributed by atoms with van der Waals surface area (Å²) in [5.41, 5.74) is 1.87. The Morgan fingerprint density at radius 1 is 1.21 bits per heavy atom. The van der Waals surface area contributed by atoms with Crippen LogP contribution >= 0.6 is 0 Å². The fourth-order valence-corrected chi connectivity index (χ4v) is 2.79. The van der Waals surface area contributed by atoms with Gasteiger partial charge >= 0.3 is 6.09 Å². The number of aliphatic imine (C=N–C) groups is 1. The van der Waals surface area contributed by atoms with E-state index in [2.05, 4.69) is 29.5 Å². The molecule has 0 spiro atoms. The van der Waals surface area contributed by atoms with E-state index in [0.717, 1.165) is 43.4 Å². The number of carbonyl (C=O) groups is 1. The zero-order chi connectivity index (χ0) is 21.5. The average Bonchev–Trinajstić information content (AvgIpc) is 2.62. The van der Waals surface area contributed by atoms with E-state index in [0.29, 0.717) is 13.1 Å². The Labute approximate surface area is 174 Å². The second-order valence-electron chi connectivity index (χ2n) is 9.01. The summed E-state index contributed by atoms with van der Waals surface area (Å²) in [7, 11) is 1.74. The number of hydrogen-bond donors (Lipinski definition) is 2. The van der Waals surface area contributed by atoms with E-state index >= 15 is 0 Å². The Hall–Kier alpha value is -2.28. The molecule has 0 atom stereocenters. The molecule has 7 heteroatoms. The summed E-state index contributed by atoms with van der Waals surface area (Å²) in [6.07, 6.45) is -0.321. The monoisotopic (exact) mass is 404 g/mol. The SMILES string of the molecule is CCNC(=NCc1ccc(CN(C)C(=O)OC(C)(C)C)cc1)NCC1(C)COC1. The number of nitrogens with zero attached hydrogens (tertiary/aromatic N) is 2. The predicted molar refractivity (Wildman–Crippen MR) is 116 cm³/mol. The van der Waals surface area contributed by atoms with Crippen LogP contribution < -0.4 is 10.6 Å². The Balaban J connectivity index is 1.87. The van der Waals surface area contributed by atoms with Gasteiger partial charge in [-0.15, -0.1) is 0 Å². The van der Waals surface area contributed by atoms with Crippen molar-refractivity contribution >= 4 is 12.1 Å². The molecule has 1 heterocycles. The summed E-state index contributed by atoms with van der Waals surface area (Å²) in [4.78, 5) is 18.3. The molecule has 1 aliphatic heterocycles. The van der Waals surface area contributed by atoms with E-state index in [1.165, 1.54) is 0 Å². The van der Waals surface area contributed by atoms with Gasteiger partial charge in [-0.05, 0) is 38.8 Å². The first-order chi connectivity index (χ1) is 13.6. The topological polar surface area (TPSA) is 75.2 Å². The highest BCUT2D eigenvalue weighted by Gasteiger charge is 2.33. The molecule has 2 N–H and O–H groups in total. The third-order valence-corrected chi connectivity index (χ3v) is 4.50. The highest BCUT2D eigenvalue weighted by molar-refractivity contribution is 5.79. The van der Waals surface area contributed by atoms with Crippen molar-refractivity contribution < 1.29 is 14.3 Å². The van der Waals surface area contributed by atoms with Crippen molar-refractivity contribution in [2.45, 2.75) is 53.3 Å². The van der Waals surface area contributed by atoms with Crippen molar-refractivity contribution in [2.75, 3.05) is 33.4 Å². The minimum absolute atomic E-state index is 0.192. The van der Waals surface area contributed by atoms with Crippen molar-refractivity contribution in [1.29, 1.82) is 0 Å². The quantitative estimate of drug-likeness (QED) is 0.539. The maximum absolute atomic E-state index is 12.1. The Bertz CT molecular complexity index is 691. The molecule has 0 unspecified atom stereocenters. The largest absolute Gasteiger partial charge is 0.444 e. The van der Waals surface area contributed by atoms with Crippen LogP contribution in [0.3, 0.4) is 0 Å². The molecule has 1 amide bonds. The van der Waals surface area contributed by atoms with Crippen molar-refractivity contribution in [2.24, 2.45) is 10.4 Å². The first-order valence-electron chi connectivity index (χ1n) is 10.2. The van der Waals surface area contributed by atoms with Crippen LogP contribution in [0.4, 0.5) is 4.79 Å². The molecule has 1 aliphatic rings. The molecule has 1 saturated heterocycles. The van der Waals surface area contributed by atoms with Crippen LogP contribution in [0.5, 0.6) is 0 Å². The van der Waals surface area contributed by atoms with Gasteiger partial charge in [0, 0.05) is 32.1 Å². The highest BCUT2D eigenvalue weighted by atomic mass is 16.6. The molecular formula is C22H36N4O3. The van der Waals surface area contributed by atoms with Crippen molar-refractivity contribution in [1.82, 2.24) is 15.5 Å². The lowest BCUT2D eigenvalue weighted by Crippen LogP contribution is -2.51. The second-order valence-corrected chi connectivity index (χ2v) is 9.01. The van der Waals surface area contributed by atoms with Crippen LogP contribution in [-0.4, -0.2) is 55.9 Å². The van der Waals surface area contributed by atoms with Crippen LogP contribution in [0.25, 0.3) is 0 Å². The fourth-order valence-electron chi connectivity index (χ4n) is 2.79. The summed E-state index contributed by atoms with van der Waals surface area (Å²) in [6.45, 7) is 14.2. The standard InChI is InChI=1S/C22H36N4O3/c1-7-23-19(25-14-22(5)15-28-16-22)24-12-17-8-10-18(11-9-17)13-26(6)20(27)29-21(2,3)4/h8-11H,7,12-16H2,1-6H3,(H2,23,24,25). The molecule has 0 aromatic heterocycles. The van der Waals surface area contributed by atoms with Crippen LogP contribution in [-0.2, 0) is 22.6 Å². The Morgan fingerprint density at radius 3 is 2.34 bits per heavy atom. The van der Waals surface area contributed by atoms with Gasteiger partial charge in [-0.2, -0.15) is 0 Å². The first kappa shape index (κ1) is 23.0. The number of benzene rings is 1. The molecule has 1 aromatic rings. The van der Waals surface area contributed by atoms with Gasteiger partial charge in [0.15, 0.2) is 5.96 Å². The minimum Gasteiger partial charge on any atom is -0.444 e. The Kier molecular flexibility index (Phi) is 7.90. The lowest BCUT2D eigenvalue weighted by atomic mass is 9.89. The van der Waals surface area contributed by atoms with Crippen molar-refractivity contribution in [3.8, 4) is 0 Å². The minimum atomic E-state index is -0.492. The highest BCUT2D eigenvalue weighted by Crippen LogP contribution is 2.25. The summed E-state index contributed by atoms with van der Waals surface area (Å²) in [5.74, 6) is 0.814. The van der Waals surface area contributed by atoms with Gasteiger partial charge in [0.05, 0.1) is 19.8 Å². The number of hydrogen-bond acceptors (Lipinski definition) is 4. The number of carbonyl (C=O) groups excluding carboxylic acids is 1. The van der Waals surface area contributed by atoms with Gasteiger partial charge in [0.1, 0.15) is 5.60 Å². The van der Waals surface area contributed by atoms with Crippen molar-refractivity contribution in [3.05, 3.63) is 35.4 Å². The van der Waals surface area contributed by atoms with Crippen molar-refractivity contribution in [3.63, 3.8) is 0 Å². The van der Waals surface area contributed by atoms with Crippen LogP contribution in [0.2, 0.25) is 0 Å². The maximum Gasteiger partial charge on any atom is 0.410 e. The number of amides is 1. The predicted octanol–water partition coefficient (Wildman–Crippen LogP) is 3.15. The molecule has 0 saturated carbocycles. The summed E-state index contributed by atoms with van der Waals surface area (Å²) in [6, 6.07) is 8.15. The van der Waals surface area contributed by atoms with E-state index in [1.54, 1.807) is 11.9 Å². The molecule has 0 radical (unpaired) electrons. The third-order valence-electron chi connectivity index (χ3n) is 4.50. The first-order valence-corrected chi connectivity index (χ1v) is 10.2. The van der Waals surface area contributed by atoms with Gasteiger partial charge in [0.2, 0.25) is 0 Å². The number of rotatable bonds is 7. The molecule has 7 nitrogen and oxygen atoms in total. The molecule has 0 bridgehead atoms. The van der Waals surface area contributed by atoms with E-state index in [9.17, 15) is 4.79 Å². The van der Waals surface area contributed by atoms with Gasteiger partial charge in [0.25, 0.3) is 0 Å². The van der Waals surface area contributed by atoms with Crippen LogP contribution in [0, 0.1) is 5.41 Å². The maximum atomic E-state index is 12.1. The van der Waals surface area contributed by atoms with E-state index < -0.39 is 5.60 Å². The van der Waals surface area contributed by atoms with Gasteiger partial charge in [-0.3, -0.25) is 0 Å². The zero-order valence-corrected chi connectivity index (χ0v) is 18.7. The van der Waals surface area contributed by atoms with Gasteiger partial charge < -0.3 is 25.0 Å². The molecule has 162 valence electrons. The fraction of sp³-hybridized carbons (Fsp3) is 0.636. The van der Waals surface area contributed by atoms with Crippen LogP contribution in [0.1, 0.15) is 45.7 Å². The molecule has 1 fully saturated rings. The summed E-state index contributed by atoms with van der Waals surface area (Å²) >= 11 is 0. The molecule has 0 aliphatic carbocycles. The summed E-state index contributed by atoms with van der Waals surface area (Å²) < 4.78 is 10.7. The normalized spacial score (nSPS) is 16.0. The smallest absolute Gasteiger partial charge is 0.410 e. The van der Waals surface area contributed by atoms with E-state index in [4.69, 9.17) is 9.47 Å². The summed E-state index contributed by atoms with van der Waals surface area (Å²) in [5, 5.41) is 6.68. The number of ether oxygens (including phenoxy) is 2. The average molecular weight is 405 g/mol. The lowest BCUT2D eigenvalue weighted by Gasteiger charge is -2.38. The lowest BCUT2D eigenvalue weighted by molar-refractivity contribution is -0.0971. The second kappa shape index (κ2) is 9.96. The Morgan fingerprint density at radius 2 is 1.83 bits per heavy atom. The molecule has 1 aromatic carbocycles. The van der Waals surface area contributed by atoms with Gasteiger partial charge in [-0.25, -0.2) is 9.79 Å². The number of guanidine groups is 1. The third kappa shape index (κ3) is 7.93. The molecule has 2 rings (SSSR count). The van der Waals surface area contributed by atoms with E-state index in [-0.39, 0.29) is 11.5 Å². The van der Waals surface area contributed by atoms with Gasteiger partial charge in [-0.1, -0.05) is 31.2 Å². The van der Waals surface area contributed by atoms with Crippen LogP contribution in [0.15, 0.2) is 29.3 Å². The molecule has 29 heavy (non-hydrogen) atoms.